The Hall–Kier alpha value is -3.76. The molecule has 38 heavy (non-hydrogen) atoms. The molecule has 0 amide bonds. The quantitative estimate of drug-likeness (QED) is 0.158. The number of unbranched alkanes of at least 4 members (excludes halogenated alkanes) is 1. The van der Waals surface area contributed by atoms with Gasteiger partial charge in [0, 0.05) is 50.0 Å². The van der Waals surface area contributed by atoms with Gasteiger partial charge in [-0.15, -0.1) is 0 Å². The second-order valence-corrected chi connectivity index (χ2v) is 8.27. The standard InChI is InChI=1S/C28H34O10/c29-15-3-17-35-23-11-7-21(8-12-23)25(31)19-37-27(33)5-1-2-6-28(34)38-20-26(32)22-9-13-24(14-10-22)36-18-4-16-30/h7-14,29-30H,1-6,15-20H2. The van der Waals surface area contributed by atoms with Gasteiger partial charge in [-0.1, -0.05) is 0 Å². The highest BCUT2D eigenvalue weighted by Crippen LogP contribution is 2.14. The van der Waals surface area contributed by atoms with Crippen LogP contribution in [0.3, 0.4) is 0 Å². The van der Waals surface area contributed by atoms with Crippen LogP contribution in [0.25, 0.3) is 0 Å². The van der Waals surface area contributed by atoms with Crippen molar-refractivity contribution in [1.29, 1.82) is 0 Å². The molecule has 2 N–H and O–H groups in total. The normalized spacial score (nSPS) is 10.5. The summed E-state index contributed by atoms with van der Waals surface area (Å²) in [5.74, 6) is -0.645. The van der Waals surface area contributed by atoms with Gasteiger partial charge in [0.2, 0.25) is 0 Å². The molecule has 0 radical (unpaired) electrons. The van der Waals surface area contributed by atoms with E-state index in [4.69, 9.17) is 29.2 Å². The van der Waals surface area contributed by atoms with Crippen LogP contribution in [0.5, 0.6) is 11.5 Å². The summed E-state index contributed by atoms with van der Waals surface area (Å²) in [5.41, 5.74) is 0.763. The first kappa shape index (κ1) is 30.5. The van der Waals surface area contributed by atoms with Gasteiger partial charge < -0.3 is 29.2 Å². The Kier molecular flexibility index (Phi) is 14.2. The van der Waals surface area contributed by atoms with Gasteiger partial charge in [-0.2, -0.15) is 0 Å². The third kappa shape index (κ3) is 12.0. The molecule has 2 aromatic carbocycles. The Bertz CT molecular complexity index is 931. The van der Waals surface area contributed by atoms with Gasteiger partial charge in [-0.3, -0.25) is 19.2 Å². The van der Waals surface area contributed by atoms with Crippen molar-refractivity contribution >= 4 is 23.5 Å². The number of aliphatic hydroxyl groups excluding tert-OH is 2. The summed E-state index contributed by atoms with van der Waals surface area (Å²) < 4.78 is 20.8. The largest absolute Gasteiger partial charge is 0.494 e. The first-order valence-electron chi connectivity index (χ1n) is 12.5. The lowest BCUT2D eigenvalue weighted by Crippen LogP contribution is -2.15. The second-order valence-electron chi connectivity index (χ2n) is 8.27. The van der Waals surface area contributed by atoms with Crippen molar-refractivity contribution in [2.75, 3.05) is 39.6 Å². The Morgan fingerprint density at radius 1 is 0.553 bits per heavy atom. The molecular weight excluding hydrogens is 496 g/mol. The van der Waals surface area contributed by atoms with Gasteiger partial charge in [0.1, 0.15) is 11.5 Å². The van der Waals surface area contributed by atoms with Gasteiger partial charge in [-0.25, -0.2) is 0 Å². The summed E-state index contributed by atoms with van der Waals surface area (Å²) in [6, 6.07) is 12.8. The Morgan fingerprint density at radius 2 is 0.921 bits per heavy atom. The number of ketones is 2. The van der Waals surface area contributed by atoms with E-state index in [-0.39, 0.29) is 50.8 Å². The fourth-order valence-electron chi connectivity index (χ4n) is 3.13. The number of benzene rings is 2. The lowest BCUT2D eigenvalue weighted by molar-refractivity contribution is -0.144. The van der Waals surface area contributed by atoms with Crippen LogP contribution in [0.2, 0.25) is 0 Å². The first-order valence-corrected chi connectivity index (χ1v) is 12.5. The van der Waals surface area contributed by atoms with Crippen molar-refractivity contribution < 1.29 is 48.3 Å². The number of rotatable bonds is 19. The summed E-state index contributed by atoms with van der Waals surface area (Å²) >= 11 is 0. The third-order valence-corrected chi connectivity index (χ3v) is 5.24. The molecule has 0 saturated heterocycles. The highest BCUT2D eigenvalue weighted by Gasteiger charge is 2.13. The molecule has 10 nitrogen and oxygen atoms in total. The zero-order valence-corrected chi connectivity index (χ0v) is 21.3. The monoisotopic (exact) mass is 530 g/mol. The molecule has 10 heteroatoms. The van der Waals surface area contributed by atoms with Crippen LogP contribution in [-0.4, -0.2) is 73.4 Å². The Labute approximate surface area is 221 Å². The molecule has 2 rings (SSSR count). The molecular formula is C28H34O10. The minimum absolute atomic E-state index is 0.0355. The van der Waals surface area contributed by atoms with Crippen LogP contribution in [0.15, 0.2) is 48.5 Å². The van der Waals surface area contributed by atoms with E-state index in [0.29, 0.717) is 61.5 Å². The van der Waals surface area contributed by atoms with Gasteiger partial charge in [0.15, 0.2) is 24.8 Å². The summed E-state index contributed by atoms with van der Waals surface area (Å²) in [4.78, 5) is 48.2. The summed E-state index contributed by atoms with van der Waals surface area (Å²) in [6.07, 6.45) is 1.85. The van der Waals surface area contributed by atoms with E-state index in [0.717, 1.165) is 0 Å². The van der Waals surface area contributed by atoms with Crippen LogP contribution < -0.4 is 9.47 Å². The van der Waals surface area contributed by atoms with Crippen molar-refractivity contribution in [1.82, 2.24) is 0 Å². The smallest absolute Gasteiger partial charge is 0.306 e. The highest BCUT2D eigenvalue weighted by molar-refractivity contribution is 5.98. The van der Waals surface area contributed by atoms with Gasteiger partial charge >= 0.3 is 11.9 Å². The van der Waals surface area contributed by atoms with Crippen molar-refractivity contribution in [2.45, 2.75) is 38.5 Å². The van der Waals surface area contributed by atoms with E-state index in [1.165, 1.54) is 0 Å². The number of hydrogen-bond acceptors (Lipinski definition) is 10. The van der Waals surface area contributed by atoms with Gasteiger partial charge in [0.05, 0.1) is 13.2 Å². The summed E-state index contributed by atoms with van der Waals surface area (Å²) in [5, 5.41) is 17.5. The van der Waals surface area contributed by atoms with Crippen molar-refractivity contribution in [2.24, 2.45) is 0 Å². The molecule has 0 aliphatic heterocycles. The first-order chi connectivity index (χ1) is 18.4. The number of hydrogen-bond donors (Lipinski definition) is 2. The zero-order chi connectivity index (χ0) is 27.6. The van der Waals surface area contributed by atoms with Crippen LogP contribution in [0.1, 0.15) is 59.2 Å². The van der Waals surface area contributed by atoms with Gasteiger partial charge in [0.25, 0.3) is 0 Å². The fraction of sp³-hybridized carbons (Fsp3) is 0.429. The molecule has 0 unspecified atom stereocenters. The minimum atomic E-state index is -0.547. The number of esters is 2. The predicted molar refractivity (Wildman–Crippen MR) is 136 cm³/mol. The topological polar surface area (TPSA) is 146 Å². The molecule has 0 spiro atoms. The predicted octanol–water partition coefficient (Wildman–Crippen LogP) is 2.92. The Morgan fingerprint density at radius 3 is 1.26 bits per heavy atom. The average molecular weight is 531 g/mol. The molecule has 0 aliphatic carbocycles. The van der Waals surface area contributed by atoms with E-state index in [1.54, 1.807) is 48.5 Å². The molecule has 0 aliphatic rings. The maximum atomic E-state index is 12.2. The Balaban J connectivity index is 1.57. The van der Waals surface area contributed by atoms with Crippen molar-refractivity contribution in [3.05, 3.63) is 59.7 Å². The maximum Gasteiger partial charge on any atom is 0.306 e. The number of aliphatic hydroxyl groups is 2. The molecule has 2 aromatic rings. The van der Waals surface area contributed by atoms with Gasteiger partial charge in [-0.05, 0) is 61.4 Å². The lowest BCUT2D eigenvalue weighted by atomic mass is 10.1. The third-order valence-electron chi connectivity index (χ3n) is 5.24. The van der Waals surface area contributed by atoms with E-state index in [2.05, 4.69) is 0 Å². The number of Topliss-reactive ketones (excluding diaryl/α,β-unsaturated/α-hetero) is 2. The number of carbonyl (C=O) groups is 4. The maximum absolute atomic E-state index is 12.2. The van der Waals surface area contributed by atoms with Crippen molar-refractivity contribution in [3.8, 4) is 11.5 Å². The van der Waals surface area contributed by atoms with Crippen molar-refractivity contribution in [3.63, 3.8) is 0 Å². The van der Waals surface area contributed by atoms with Crippen LogP contribution in [-0.2, 0) is 19.1 Å². The summed E-state index contributed by atoms with van der Waals surface area (Å²) in [7, 11) is 0. The molecule has 0 atom stereocenters. The molecule has 0 heterocycles. The van der Waals surface area contributed by atoms with Crippen LogP contribution in [0, 0.1) is 0 Å². The molecule has 206 valence electrons. The highest BCUT2D eigenvalue weighted by atomic mass is 16.5. The summed E-state index contributed by atoms with van der Waals surface area (Å²) in [6.45, 7) is 0.0413. The molecule has 0 fully saturated rings. The van der Waals surface area contributed by atoms with Crippen LogP contribution in [0.4, 0.5) is 0 Å². The number of carbonyl (C=O) groups excluding carboxylic acids is 4. The number of ether oxygens (including phenoxy) is 4. The zero-order valence-electron chi connectivity index (χ0n) is 21.3. The van der Waals surface area contributed by atoms with E-state index in [9.17, 15) is 19.2 Å². The molecule has 0 saturated carbocycles. The SMILES string of the molecule is O=C(CCCCC(=O)OCC(=O)c1ccc(OCCCO)cc1)OCC(=O)c1ccc(OCCCO)cc1. The molecule has 0 aromatic heterocycles. The van der Waals surface area contributed by atoms with E-state index in [1.807, 2.05) is 0 Å². The molecule has 0 bridgehead atoms. The average Bonchev–Trinajstić information content (AvgIpc) is 2.93. The fourth-order valence-corrected chi connectivity index (χ4v) is 3.13. The van der Waals surface area contributed by atoms with E-state index >= 15 is 0 Å². The lowest BCUT2D eigenvalue weighted by Gasteiger charge is -2.07. The second kappa shape index (κ2) is 17.7. The van der Waals surface area contributed by atoms with E-state index < -0.39 is 11.9 Å². The minimum Gasteiger partial charge on any atom is -0.494 e. The van der Waals surface area contributed by atoms with Crippen LogP contribution >= 0.6 is 0 Å².